The number of halogens is 3. The standard InChI is InChI=1S/C21H16Cl2FN3O2/c1-2-12(10-26-11-25)20(28)18-19(15-8-7-13(22)9-17(15)24)27-29-21(18)14-5-3-4-6-16(14)23/h2-11,20,28H,1H2,(H2,25,26)/b12-10+. The highest BCUT2D eigenvalue weighted by Gasteiger charge is 2.29. The molecule has 1 aromatic heterocycles. The van der Waals surface area contributed by atoms with Gasteiger partial charge >= 0.3 is 0 Å². The molecule has 148 valence electrons. The third kappa shape index (κ3) is 4.24. The van der Waals surface area contributed by atoms with Gasteiger partial charge in [-0.15, -0.1) is 0 Å². The maximum Gasteiger partial charge on any atom is 0.175 e. The topological polar surface area (TPSA) is 84.6 Å². The number of hydrogen-bond acceptors (Lipinski definition) is 4. The van der Waals surface area contributed by atoms with Crippen molar-refractivity contribution in [3.63, 3.8) is 0 Å². The van der Waals surface area contributed by atoms with Crippen LogP contribution in [0.1, 0.15) is 11.7 Å². The van der Waals surface area contributed by atoms with Crippen LogP contribution in [-0.2, 0) is 0 Å². The molecule has 1 atom stereocenters. The zero-order chi connectivity index (χ0) is 21.0. The van der Waals surface area contributed by atoms with Crippen molar-refractivity contribution in [2.24, 2.45) is 10.7 Å². The number of nitrogens with zero attached hydrogens (tertiary/aromatic N) is 2. The molecule has 0 aliphatic heterocycles. The predicted molar refractivity (Wildman–Crippen MR) is 113 cm³/mol. The van der Waals surface area contributed by atoms with Crippen LogP contribution in [0.5, 0.6) is 0 Å². The Balaban J connectivity index is 2.28. The normalized spacial score (nSPS) is 13.0. The van der Waals surface area contributed by atoms with Gasteiger partial charge in [-0.2, -0.15) is 0 Å². The van der Waals surface area contributed by atoms with Gasteiger partial charge in [-0.05, 0) is 30.3 Å². The van der Waals surface area contributed by atoms with E-state index >= 15 is 0 Å². The van der Waals surface area contributed by atoms with Gasteiger partial charge in [-0.1, -0.05) is 53.1 Å². The smallest absolute Gasteiger partial charge is 0.175 e. The fourth-order valence-corrected chi connectivity index (χ4v) is 3.18. The molecule has 8 heteroatoms. The Hall–Kier alpha value is -2.93. The predicted octanol–water partition coefficient (Wildman–Crippen LogP) is 5.54. The van der Waals surface area contributed by atoms with E-state index in [1.54, 1.807) is 24.3 Å². The largest absolute Gasteiger partial charge is 0.390 e. The van der Waals surface area contributed by atoms with Crippen LogP contribution in [0, 0.1) is 5.82 Å². The lowest BCUT2D eigenvalue weighted by atomic mass is 9.94. The number of rotatable bonds is 6. The third-order valence-electron chi connectivity index (χ3n) is 4.17. The molecule has 0 aliphatic carbocycles. The fourth-order valence-electron chi connectivity index (χ4n) is 2.80. The van der Waals surface area contributed by atoms with Gasteiger partial charge in [-0.3, -0.25) is 0 Å². The van der Waals surface area contributed by atoms with Gasteiger partial charge < -0.3 is 15.4 Å². The molecule has 1 heterocycles. The van der Waals surface area contributed by atoms with E-state index in [2.05, 4.69) is 16.7 Å². The van der Waals surface area contributed by atoms with Crippen LogP contribution in [0.4, 0.5) is 4.39 Å². The minimum absolute atomic E-state index is 0.103. The molecular formula is C21H16Cl2FN3O2. The van der Waals surface area contributed by atoms with Gasteiger partial charge in [0.25, 0.3) is 0 Å². The molecule has 0 radical (unpaired) electrons. The van der Waals surface area contributed by atoms with Crippen LogP contribution in [0.3, 0.4) is 0 Å². The second kappa shape index (κ2) is 9.05. The highest BCUT2D eigenvalue weighted by Crippen LogP contribution is 2.42. The van der Waals surface area contributed by atoms with Crippen molar-refractivity contribution in [1.29, 1.82) is 0 Å². The minimum atomic E-state index is -1.29. The van der Waals surface area contributed by atoms with Gasteiger partial charge in [0.2, 0.25) is 0 Å². The summed E-state index contributed by atoms with van der Waals surface area (Å²) in [6.45, 7) is 3.68. The van der Waals surface area contributed by atoms with Crippen LogP contribution in [0.2, 0.25) is 10.0 Å². The SMILES string of the molecule is C=C/C(=C\N=C/N)C(O)c1c(-c2ccc(Cl)cc2F)noc1-c1ccccc1Cl. The van der Waals surface area contributed by atoms with Crippen molar-refractivity contribution in [3.8, 4) is 22.6 Å². The molecule has 0 aliphatic rings. The molecule has 5 nitrogen and oxygen atoms in total. The number of aliphatic imine (C=N–C) groups is 1. The second-order valence-electron chi connectivity index (χ2n) is 5.91. The molecule has 0 fully saturated rings. The van der Waals surface area contributed by atoms with Gasteiger partial charge in [0, 0.05) is 27.9 Å². The van der Waals surface area contributed by atoms with E-state index in [4.69, 9.17) is 33.5 Å². The Labute approximate surface area is 176 Å². The molecule has 29 heavy (non-hydrogen) atoms. The van der Waals surface area contributed by atoms with E-state index in [1.165, 1.54) is 24.4 Å². The molecule has 3 N–H and O–H groups in total. The van der Waals surface area contributed by atoms with Crippen molar-refractivity contribution in [2.45, 2.75) is 6.10 Å². The Morgan fingerprint density at radius 3 is 2.66 bits per heavy atom. The van der Waals surface area contributed by atoms with Crippen molar-refractivity contribution < 1.29 is 14.0 Å². The first-order valence-electron chi connectivity index (χ1n) is 8.41. The monoisotopic (exact) mass is 431 g/mol. The first-order valence-corrected chi connectivity index (χ1v) is 9.17. The number of benzene rings is 2. The van der Waals surface area contributed by atoms with Crippen molar-refractivity contribution in [2.75, 3.05) is 0 Å². The maximum atomic E-state index is 14.6. The molecule has 3 aromatic rings. The molecule has 0 saturated heterocycles. The average Bonchev–Trinajstić information content (AvgIpc) is 3.13. The Kier molecular flexibility index (Phi) is 6.49. The van der Waals surface area contributed by atoms with Gasteiger partial charge in [-0.25, -0.2) is 9.38 Å². The van der Waals surface area contributed by atoms with Gasteiger partial charge in [0.15, 0.2) is 5.76 Å². The molecule has 0 amide bonds. The summed E-state index contributed by atoms with van der Waals surface area (Å²) in [5, 5.41) is 15.7. The van der Waals surface area contributed by atoms with E-state index in [-0.39, 0.29) is 27.6 Å². The van der Waals surface area contributed by atoms with Crippen molar-refractivity contribution >= 4 is 29.5 Å². The van der Waals surface area contributed by atoms with Crippen LogP contribution in [0.15, 0.2) is 76.4 Å². The molecule has 3 rings (SSSR count). The lowest BCUT2D eigenvalue weighted by Crippen LogP contribution is -2.03. The van der Waals surface area contributed by atoms with Gasteiger partial charge in [0.1, 0.15) is 17.6 Å². The summed E-state index contributed by atoms with van der Waals surface area (Å²) in [4.78, 5) is 3.82. The van der Waals surface area contributed by atoms with E-state index < -0.39 is 11.9 Å². The van der Waals surface area contributed by atoms with E-state index in [0.29, 0.717) is 16.2 Å². The van der Waals surface area contributed by atoms with Crippen LogP contribution >= 0.6 is 23.2 Å². The molecule has 0 bridgehead atoms. The van der Waals surface area contributed by atoms with E-state index in [1.807, 2.05) is 0 Å². The average molecular weight is 432 g/mol. The minimum Gasteiger partial charge on any atom is -0.390 e. The van der Waals surface area contributed by atoms with Crippen LogP contribution in [0.25, 0.3) is 22.6 Å². The Morgan fingerprint density at radius 2 is 2.00 bits per heavy atom. The summed E-state index contributed by atoms with van der Waals surface area (Å²) in [5.41, 5.74) is 6.49. The maximum absolute atomic E-state index is 14.6. The highest BCUT2D eigenvalue weighted by molar-refractivity contribution is 6.33. The molecule has 1 unspecified atom stereocenters. The van der Waals surface area contributed by atoms with Crippen molar-refractivity contribution in [1.82, 2.24) is 5.16 Å². The zero-order valence-electron chi connectivity index (χ0n) is 15.0. The first kappa shape index (κ1) is 20.8. The third-order valence-corrected chi connectivity index (χ3v) is 4.73. The first-order chi connectivity index (χ1) is 14.0. The highest BCUT2D eigenvalue weighted by atomic mass is 35.5. The number of aromatic nitrogens is 1. The Morgan fingerprint density at radius 1 is 1.24 bits per heavy atom. The molecule has 0 saturated carbocycles. The molecule has 0 spiro atoms. The summed E-state index contributed by atoms with van der Waals surface area (Å²) < 4.78 is 20.1. The fraction of sp³-hybridized carbons (Fsp3) is 0.0476. The van der Waals surface area contributed by atoms with E-state index in [0.717, 1.165) is 12.4 Å². The molecule has 2 aromatic carbocycles. The second-order valence-corrected chi connectivity index (χ2v) is 6.76. The number of hydrogen-bond donors (Lipinski definition) is 2. The van der Waals surface area contributed by atoms with Crippen molar-refractivity contribution in [3.05, 3.63) is 88.3 Å². The number of aliphatic hydroxyl groups is 1. The lowest BCUT2D eigenvalue weighted by Gasteiger charge is -2.14. The number of nitrogens with two attached hydrogens (primary N) is 1. The Bertz CT molecular complexity index is 1110. The summed E-state index contributed by atoms with van der Waals surface area (Å²) in [5.74, 6) is -0.425. The summed E-state index contributed by atoms with van der Waals surface area (Å²) >= 11 is 12.2. The summed E-state index contributed by atoms with van der Waals surface area (Å²) in [6.07, 6.45) is 2.52. The van der Waals surface area contributed by atoms with Gasteiger partial charge in [0.05, 0.1) is 16.9 Å². The van der Waals surface area contributed by atoms with E-state index in [9.17, 15) is 9.50 Å². The summed E-state index contributed by atoms with van der Waals surface area (Å²) in [6, 6.07) is 11.0. The van der Waals surface area contributed by atoms with Crippen LogP contribution in [-0.4, -0.2) is 16.6 Å². The lowest BCUT2D eigenvalue weighted by molar-refractivity contribution is 0.219. The summed E-state index contributed by atoms with van der Waals surface area (Å²) in [7, 11) is 0. The zero-order valence-corrected chi connectivity index (χ0v) is 16.5. The quantitative estimate of drug-likeness (QED) is 0.304. The number of aliphatic hydroxyl groups excluding tert-OH is 1. The van der Waals surface area contributed by atoms with Crippen LogP contribution < -0.4 is 5.73 Å². The molecular weight excluding hydrogens is 416 g/mol.